The molecule has 17 heavy (non-hydrogen) atoms. The SMILES string of the molecule is [N-]=[N+]=C1CCc2c(cccc2S(=O)(=O)O)C1=O. The van der Waals surface area contributed by atoms with Gasteiger partial charge in [-0.1, -0.05) is 12.1 Å². The molecule has 0 heterocycles. The summed E-state index contributed by atoms with van der Waals surface area (Å²) in [5, 5.41) is 0. The van der Waals surface area contributed by atoms with E-state index in [1.54, 1.807) is 0 Å². The predicted molar refractivity (Wildman–Crippen MR) is 57.5 cm³/mol. The molecular weight excluding hydrogens is 244 g/mol. The first-order chi connectivity index (χ1) is 7.95. The Morgan fingerprint density at radius 1 is 1.29 bits per heavy atom. The minimum atomic E-state index is -4.35. The van der Waals surface area contributed by atoms with E-state index < -0.39 is 15.9 Å². The van der Waals surface area contributed by atoms with Gasteiger partial charge in [-0.05, 0) is 18.1 Å². The van der Waals surface area contributed by atoms with Gasteiger partial charge in [0.05, 0.1) is 11.3 Å². The summed E-state index contributed by atoms with van der Waals surface area (Å²) >= 11 is 0. The van der Waals surface area contributed by atoms with Gasteiger partial charge in [0.1, 0.15) is 0 Å². The van der Waals surface area contributed by atoms with Crippen LogP contribution in [0.1, 0.15) is 22.3 Å². The molecule has 1 aliphatic rings. The van der Waals surface area contributed by atoms with Crippen LogP contribution in [0.2, 0.25) is 0 Å². The number of nitrogens with zero attached hydrogens (tertiary/aromatic N) is 2. The average molecular weight is 252 g/mol. The number of ketones is 1. The Bertz CT molecular complexity index is 657. The Kier molecular flexibility index (Phi) is 2.66. The summed E-state index contributed by atoms with van der Waals surface area (Å²) < 4.78 is 31.3. The van der Waals surface area contributed by atoms with Crippen molar-refractivity contribution in [1.82, 2.24) is 0 Å². The standard InChI is InChI=1S/C10H8N2O4S/c11-12-8-5-4-6-7(10(8)13)2-1-3-9(6)17(14,15)16/h1-3H,4-5H2,(H,14,15,16). The van der Waals surface area contributed by atoms with Gasteiger partial charge in [0.25, 0.3) is 15.9 Å². The highest BCUT2D eigenvalue weighted by Gasteiger charge is 2.32. The van der Waals surface area contributed by atoms with Crippen LogP contribution in [0.3, 0.4) is 0 Å². The van der Waals surface area contributed by atoms with Crippen LogP contribution in [0.25, 0.3) is 5.53 Å². The first-order valence-corrected chi connectivity index (χ1v) is 6.24. The summed E-state index contributed by atoms with van der Waals surface area (Å²) in [6.45, 7) is 0. The van der Waals surface area contributed by atoms with Crippen molar-refractivity contribution in [3.8, 4) is 0 Å². The fraction of sp³-hybridized carbons (Fsp3) is 0.200. The van der Waals surface area contributed by atoms with E-state index in [-0.39, 0.29) is 34.6 Å². The minimum Gasteiger partial charge on any atom is -0.361 e. The van der Waals surface area contributed by atoms with E-state index in [2.05, 4.69) is 4.79 Å². The predicted octanol–water partition coefficient (Wildman–Crippen LogP) is 0.733. The summed E-state index contributed by atoms with van der Waals surface area (Å²) in [6.07, 6.45) is 0.380. The Morgan fingerprint density at radius 2 is 2.00 bits per heavy atom. The molecule has 0 atom stereocenters. The summed E-state index contributed by atoms with van der Waals surface area (Å²) in [7, 11) is -4.35. The Morgan fingerprint density at radius 3 is 2.59 bits per heavy atom. The summed E-state index contributed by atoms with van der Waals surface area (Å²) in [4.78, 5) is 14.4. The lowest BCUT2D eigenvalue weighted by Crippen LogP contribution is -2.25. The molecule has 1 aromatic rings. The quantitative estimate of drug-likeness (QED) is 0.451. The van der Waals surface area contributed by atoms with Gasteiger partial charge in [0.15, 0.2) is 0 Å². The molecule has 0 saturated carbocycles. The molecule has 1 aromatic carbocycles. The van der Waals surface area contributed by atoms with Gasteiger partial charge in [-0.2, -0.15) is 13.2 Å². The molecule has 0 spiro atoms. The van der Waals surface area contributed by atoms with E-state index in [0.29, 0.717) is 0 Å². The lowest BCUT2D eigenvalue weighted by atomic mass is 9.89. The number of fused-ring (bicyclic) bond motifs is 1. The monoisotopic (exact) mass is 252 g/mol. The summed E-state index contributed by atoms with van der Waals surface area (Å²) in [5.74, 6) is -0.515. The Hall–Kier alpha value is -1.82. The van der Waals surface area contributed by atoms with E-state index in [1.807, 2.05) is 0 Å². The van der Waals surface area contributed by atoms with Crippen molar-refractivity contribution >= 4 is 21.6 Å². The molecule has 0 fully saturated rings. The molecule has 1 aliphatic carbocycles. The molecule has 0 unspecified atom stereocenters. The molecule has 0 aromatic heterocycles. The molecule has 1 N–H and O–H groups in total. The Balaban J connectivity index is 2.72. The van der Waals surface area contributed by atoms with Crippen molar-refractivity contribution in [3.63, 3.8) is 0 Å². The zero-order chi connectivity index (χ0) is 12.6. The smallest absolute Gasteiger partial charge is 0.339 e. The van der Waals surface area contributed by atoms with Crippen LogP contribution in [0.4, 0.5) is 0 Å². The third-order valence-electron chi connectivity index (χ3n) is 2.65. The van der Waals surface area contributed by atoms with Crippen LogP contribution in [0.15, 0.2) is 23.1 Å². The minimum absolute atomic E-state index is 0.00927. The van der Waals surface area contributed by atoms with Crippen molar-refractivity contribution in [1.29, 1.82) is 0 Å². The maximum atomic E-state index is 11.8. The number of hydrogen-bond donors (Lipinski definition) is 1. The highest BCUT2D eigenvalue weighted by molar-refractivity contribution is 7.85. The second-order valence-corrected chi connectivity index (χ2v) is 5.02. The van der Waals surface area contributed by atoms with Gasteiger partial charge >= 0.3 is 5.71 Å². The summed E-state index contributed by atoms with van der Waals surface area (Å²) in [6, 6.07) is 4.04. The molecule has 88 valence electrons. The number of carbonyl (C=O) groups is 1. The second kappa shape index (κ2) is 3.89. The number of Topliss-reactive ketones (excluding diaryl/α,β-unsaturated/α-hetero) is 1. The van der Waals surface area contributed by atoms with Crippen molar-refractivity contribution < 1.29 is 22.6 Å². The average Bonchev–Trinajstić information content (AvgIpc) is 2.28. The molecule has 2 rings (SSSR count). The first-order valence-electron chi connectivity index (χ1n) is 4.80. The van der Waals surface area contributed by atoms with Gasteiger partial charge in [0.2, 0.25) is 0 Å². The summed E-state index contributed by atoms with van der Waals surface area (Å²) in [5.41, 5.74) is 9.03. The van der Waals surface area contributed by atoms with Gasteiger partial charge in [-0.15, -0.1) is 0 Å². The van der Waals surface area contributed by atoms with E-state index >= 15 is 0 Å². The van der Waals surface area contributed by atoms with Gasteiger partial charge < -0.3 is 5.53 Å². The van der Waals surface area contributed by atoms with E-state index in [1.165, 1.54) is 18.2 Å². The van der Waals surface area contributed by atoms with Crippen molar-refractivity contribution in [3.05, 3.63) is 34.9 Å². The van der Waals surface area contributed by atoms with Crippen molar-refractivity contribution in [2.45, 2.75) is 17.7 Å². The molecular formula is C10H8N2O4S. The van der Waals surface area contributed by atoms with Gasteiger partial charge in [0, 0.05) is 5.56 Å². The fourth-order valence-corrected chi connectivity index (χ4v) is 2.66. The third kappa shape index (κ3) is 1.91. The van der Waals surface area contributed by atoms with Crippen LogP contribution < -0.4 is 0 Å². The highest BCUT2D eigenvalue weighted by Crippen LogP contribution is 2.25. The van der Waals surface area contributed by atoms with Crippen LogP contribution in [-0.4, -0.2) is 29.3 Å². The zero-order valence-electron chi connectivity index (χ0n) is 8.62. The Labute approximate surface area is 97.3 Å². The highest BCUT2D eigenvalue weighted by atomic mass is 32.2. The molecule has 0 saturated heterocycles. The molecule has 7 heteroatoms. The van der Waals surface area contributed by atoms with E-state index in [9.17, 15) is 13.2 Å². The normalized spacial score (nSPS) is 15.4. The third-order valence-corrected chi connectivity index (χ3v) is 3.59. The molecule has 0 amide bonds. The van der Waals surface area contributed by atoms with Crippen LogP contribution in [-0.2, 0) is 16.5 Å². The largest absolute Gasteiger partial charge is 0.361 e. The topological polar surface area (TPSA) is 108 Å². The number of benzene rings is 1. The number of carbonyl (C=O) groups excluding carboxylic acids is 1. The fourth-order valence-electron chi connectivity index (χ4n) is 1.89. The maximum Gasteiger partial charge on any atom is 0.339 e. The van der Waals surface area contributed by atoms with Crippen LogP contribution >= 0.6 is 0 Å². The lowest BCUT2D eigenvalue weighted by Gasteiger charge is -2.14. The molecule has 0 radical (unpaired) electrons. The van der Waals surface area contributed by atoms with Gasteiger partial charge in [-0.3, -0.25) is 9.35 Å². The molecule has 0 bridgehead atoms. The van der Waals surface area contributed by atoms with Gasteiger partial charge in [-0.25, -0.2) is 0 Å². The van der Waals surface area contributed by atoms with E-state index in [4.69, 9.17) is 10.1 Å². The molecule has 6 nitrogen and oxygen atoms in total. The lowest BCUT2D eigenvalue weighted by molar-refractivity contribution is -0.00947. The van der Waals surface area contributed by atoms with Crippen LogP contribution in [0.5, 0.6) is 0 Å². The van der Waals surface area contributed by atoms with Crippen molar-refractivity contribution in [2.24, 2.45) is 0 Å². The van der Waals surface area contributed by atoms with E-state index in [0.717, 1.165) is 0 Å². The maximum absolute atomic E-state index is 11.8. The molecule has 0 aliphatic heterocycles. The first kappa shape index (κ1) is 11.7. The number of hydrogen-bond acceptors (Lipinski definition) is 3. The second-order valence-electron chi connectivity index (χ2n) is 3.63. The van der Waals surface area contributed by atoms with Crippen molar-refractivity contribution in [2.75, 3.05) is 0 Å². The van der Waals surface area contributed by atoms with Crippen LogP contribution in [0, 0.1) is 0 Å². The zero-order valence-corrected chi connectivity index (χ0v) is 9.44. The number of rotatable bonds is 1.